The van der Waals surface area contributed by atoms with E-state index >= 15 is 0 Å². The maximum atomic E-state index is 10.4. The van der Waals surface area contributed by atoms with E-state index < -0.39 is 34.8 Å². The number of carboxylic acids is 1. The van der Waals surface area contributed by atoms with E-state index in [-0.39, 0.29) is 0 Å². The zero-order valence-electron chi connectivity index (χ0n) is 6.31. The standard InChI is InChI=1S/C5H9NO5S/c1-3(7)6-4(5(8)9)2-12(10)11/h4H,2H2,1H3,(H,6,7)(H,8,9)(H,10,11). The monoisotopic (exact) mass is 195 g/mol. The van der Waals surface area contributed by atoms with Crippen LogP contribution in [0.25, 0.3) is 0 Å². The molecule has 0 aliphatic heterocycles. The van der Waals surface area contributed by atoms with Crippen molar-refractivity contribution in [3.05, 3.63) is 0 Å². The first-order valence-electron chi connectivity index (χ1n) is 3.01. The van der Waals surface area contributed by atoms with Crippen molar-refractivity contribution in [3.63, 3.8) is 0 Å². The van der Waals surface area contributed by atoms with Crippen molar-refractivity contribution in [2.24, 2.45) is 0 Å². The van der Waals surface area contributed by atoms with Crippen LogP contribution in [-0.4, -0.2) is 37.5 Å². The van der Waals surface area contributed by atoms with Gasteiger partial charge < -0.3 is 15.0 Å². The number of rotatable bonds is 4. The summed E-state index contributed by atoms with van der Waals surface area (Å²) >= 11 is -2.23. The lowest BCUT2D eigenvalue weighted by molar-refractivity contribution is -0.140. The van der Waals surface area contributed by atoms with Crippen LogP contribution in [0.1, 0.15) is 6.92 Å². The first-order chi connectivity index (χ1) is 5.43. The number of carbonyl (C=O) groups is 2. The Morgan fingerprint density at radius 1 is 1.58 bits per heavy atom. The molecule has 0 radical (unpaired) electrons. The van der Waals surface area contributed by atoms with Crippen LogP contribution in [0.2, 0.25) is 0 Å². The molecule has 6 nitrogen and oxygen atoms in total. The minimum absolute atomic E-state index is 0.505. The van der Waals surface area contributed by atoms with E-state index in [1.165, 1.54) is 0 Å². The Labute approximate surface area is 71.2 Å². The summed E-state index contributed by atoms with van der Waals surface area (Å²) in [5.41, 5.74) is 0. The molecule has 2 atom stereocenters. The van der Waals surface area contributed by atoms with E-state index in [4.69, 9.17) is 9.66 Å². The molecular weight excluding hydrogens is 186 g/mol. The summed E-state index contributed by atoms with van der Waals surface area (Å²) in [4.78, 5) is 20.7. The van der Waals surface area contributed by atoms with Gasteiger partial charge in [0.1, 0.15) is 6.04 Å². The molecule has 0 heterocycles. The SMILES string of the molecule is CC(=O)NC(CS(=O)O)C(=O)O. The fraction of sp³-hybridized carbons (Fsp3) is 0.600. The molecule has 0 saturated heterocycles. The van der Waals surface area contributed by atoms with Crippen LogP contribution in [0.4, 0.5) is 0 Å². The van der Waals surface area contributed by atoms with Gasteiger partial charge in [0.05, 0.1) is 5.75 Å². The highest BCUT2D eigenvalue weighted by molar-refractivity contribution is 7.79. The Morgan fingerprint density at radius 2 is 2.08 bits per heavy atom. The van der Waals surface area contributed by atoms with Crippen molar-refractivity contribution in [2.45, 2.75) is 13.0 Å². The quantitative estimate of drug-likeness (QED) is 0.489. The summed E-state index contributed by atoms with van der Waals surface area (Å²) in [6.45, 7) is 1.14. The second-order valence-corrected chi connectivity index (χ2v) is 3.06. The Morgan fingerprint density at radius 3 is 2.33 bits per heavy atom. The number of hydrogen-bond acceptors (Lipinski definition) is 3. The number of amides is 1. The predicted octanol–water partition coefficient (Wildman–Crippen LogP) is -1.20. The van der Waals surface area contributed by atoms with Crippen molar-refractivity contribution in [3.8, 4) is 0 Å². The summed E-state index contributed by atoms with van der Waals surface area (Å²) in [5, 5.41) is 10.4. The van der Waals surface area contributed by atoms with Gasteiger partial charge in [-0.05, 0) is 0 Å². The lowest BCUT2D eigenvalue weighted by atomic mass is 10.3. The third-order valence-corrected chi connectivity index (χ3v) is 1.60. The van der Waals surface area contributed by atoms with Gasteiger partial charge in [0.25, 0.3) is 0 Å². The highest BCUT2D eigenvalue weighted by Crippen LogP contribution is 1.87. The van der Waals surface area contributed by atoms with Gasteiger partial charge in [0.15, 0.2) is 11.1 Å². The van der Waals surface area contributed by atoms with Gasteiger partial charge in [-0.1, -0.05) is 0 Å². The van der Waals surface area contributed by atoms with Crippen LogP contribution in [0.15, 0.2) is 0 Å². The Kier molecular flexibility index (Phi) is 4.45. The van der Waals surface area contributed by atoms with Gasteiger partial charge in [0.2, 0.25) is 5.91 Å². The molecule has 0 aliphatic rings. The third-order valence-electron chi connectivity index (χ3n) is 0.985. The molecule has 12 heavy (non-hydrogen) atoms. The molecule has 0 aromatic carbocycles. The number of aliphatic carboxylic acids is 1. The van der Waals surface area contributed by atoms with E-state index in [1.807, 2.05) is 5.32 Å². The first-order valence-corrected chi connectivity index (χ1v) is 4.28. The molecule has 2 unspecified atom stereocenters. The van der Waals surface area contributed by atoms with Crippen molar-refractivity contribution in [1.82, 2.24) is 5.32 Å². The van der Waals surface area contributed by atoms with Gasteiger partial charge in [0, 0.05) is 6.92 Å². The van der Waals surface area contributed by atoms with Crippen LogP contribution in [0, 0.1) is 0 Å². The van der Waals surface area contributed by atoms with Crippen molar-refractivity contribution < 1.29 is 23.5 Å². The van der Waals surface area contributed by atoms with E-state index in [9.17, 15) is 13.8 Å². The number of hydrogen-bond donors (Lipinski definition) is 3. The normalized spacial score (nSPS) is 14.8. The largest absolute Gasteiger partial charge is 0.480 e. The molecule has 0 saturated carbocycles. The fourth-order valence-corrected chi connectivity index (χ4v) is 1.07. The second-order valence-electron chi connectivity index (χ2n) is 2.08. The smallest absolute Gasteiger partial charge is 0.327 e. The summed E-state index contributed by atoms with van der Waals surface area (Å²) in [6, 6.07) is -1.30. The van der Waals surface area contributed by atoms with Gasteiger partial charge >= 0.3 is 5.97 Å². The molecule has 0 aliphatic carbocycles. The highest BCUT2D eigenvalue weighted by Gasteiger charge is 2.20. The van der Waals surface area contributed by atoms with Crippen LogP contribution in [0.3, 0.4) is 0 Å². The number of nitrogens with one attached hydrogen (secondary N) is 1. The van der Waals surface area contributed by atoms with E-state index in [0.29, 0.717) is 0 Å². The average molecular weight is 195 g/mol. The van der Waals surface area contributed by atoms with Gasteiger partial charge in [-0.3, -0.25) is 4.79 Å². The zero-order valence-corrected chi connectivity index (χ0v) is 7.13. The topological polar surface area (TPSA) is 104 Å². The third kappa shape index (κ3) is 4.80. The summed E-state index contributed by atoms with van der Waals surface area (Å²) in [6.07, 6.45) is 0. The molecule has 0 fully saturated rings. The minimum atomic E-state index is -2.23. The Balaban J connectivity index is 4.14. The number of carboxylic acid groups (broad SMARTS) is 1. The second kappa shape index (κ2) is 4.83. The first kappa shape index (κ1) is 11.1. The molecule has 0 aromatic rings. The molecule has 3 N–H and O–H groups in total. The average Bonchev–Trinajstić information content (AvgIpc) is 1.83. The van der Waals surface area contributed by atoms with Gasteiger partial charge in [-0.25, -0.2) is 9.00 Å². The van der Waals surface area contributed by atoms with Crippen molar-refractivity contribution in [2.75, 3.05) is 5.75 Å². The molecule has 0 bridgehead atoms. The molecule has 0 spiro atoms. The lowest BCUT2D eigenvalue weighted by Gasteiger charge is -2.09. The van der Waals surface area contributed by atoms with Crippen LogP contribution >= 0.6 is 0 Å². The summed E-state index contributed by atoms with van der Waals surface area (Å²) < 4.78 is 18.5. The predicted molar refractivity (Wildman–Crippen MR) is 40.9 cm³/mol. The molecule has 7 heteroatoms. The Bertz CT molecular complexity index is 200. The van der Waals surface area contributed by atoms with Crippen LogP contribution in [0.5, 0.6) is 0 Å². The molecule has 70 valence electrons. The molecule has 1 amide bonds. The summed E-state index contributed by atoms with van der Waals surface area (Å²) in [7, 11) is 0. The van der Waals surface area contributed by atoms with Crippen molar-refractivity contribution in [1.29, 1.82) is 0 Å². The van der Waals surface area contributed by atoms with Crippen LogP contribution in [-0.2, 0) is 20.7 Å². The fourth-order valence-electron chi connectivity index (χ4n) is 0.563. The highest BCUT2D eigenvalue weighted by atomic mass is 32.2. The molecule has 0 rings (SSSR count). The number of carbonyl (C=O) groups excluding carboxylic acids is 1. The maximum Gasteiger partial charge on any atom is 0.327 e. The van der Waals surface area contributed by atoms with Gasteiger partial charge in [-0.15, -0.1) is 0 Å². The summed E-state index contributed by atoms with van der Waals surface area (Å²) in [5.74, 6) is -2.38. The van der Waals surface area contributed by atoms with E-state index in [0.717, 1.165) is 6.92 Å². The van der Waals surface area contributed by atoms with Gasteiger partial charge in [-0.2, -0.15) is 0 Å². The van der Waals surface area contributed by atoms with Crippen molar-refractivity contribution >= 4 is 23.0 Å². The Hall–Kier alpha value is -0.950. The van der Waals surface area contributed by atoms with E-state index in [1.54, 1.807) is 0 Å². The maximum absolute atomic E-state index is 10.4. The zero-order chi connectivity index (χ0) is 9.72. The lowest BCUT2D eigenvalue weighted by Crippen LogP contribution is -2.43. The van der Waals surface area contributed by atoms with E-state index in [2.05, 4.69) is 0 Å². The minimum Gasteiger partial charge on any atom is -0.480 e. The molecular formula is C5H9NO5S. The molecule has 0 aromatic heterocycles. The van der Waals surface area contributed by atoms with Crippen LogP contribution < -0.4 is 5.32 Å².